The number of hydrogen-bond donors (Lipinski definition) is 3. The van der Waals surface area contributed by atoms with Crippen LogP contribution in [0, 0.1) is 6.92 Å². The van der Waals surface area contributed by atoms with Gasteiger partial charge >= 0.3 is 6.18 Å². The number of nitrogens with zero attached hydrogens (tertiary/aromatic N) is 1. The zero-order valence-electron chi connectivity index (χ0n) is 15.1. The molecule has 0 spiro atoms. The fraction of sp³-hybridized carbons (Fsp3) is 0.278. The van der Waals surface area contributed by atoms with Crippen LogP contribution in [0.1, 0.15) is 27.9 Å². The first kappa shape index (κ1) is 21.5. The van der Waals surface area contributed by atoms with Crippen LogP contribution in [0.25, 0.3) is 0 Å². The summed E-state index contributed by atoms with van der Waals surface area (Å²) in [7, 11) is 1.49. The van der Waals surface area contributed by atoms with E-state index in [1.165, 1.54) is 7.05 Å². The molecule has 1 heterocycles. The summed E-state index contributed by atoms with van der Waals surface area (Å²) in [6.07, 6.45) is -3.89. The van der Waals surface area contributed by atoms with Gasteiger partial charge in [-0.05, 0) is 24.6 Å². The predicted octanol–water partition coefficient (Wildman–Crippen LogP) is 3.86. The van der Waals surface area contributed by atoms with E-state index < -0.39 is 11.7 Å². The lowest BCUT2D eigenvalue weighted by Crippen LogP contribution is -2.23. The molecule has 0 fully saturated rings. The summed E-state index contributed by atoms with van der Waals surface area (Å²) in [5.74, 6) is -0.664. The van der Waals surface area contributed by atoms with Gasteiger partial charge in [0.1, 0.15) is 5.82 Å². The van der Waals surface area contributed by atoms with Crippen LogP contribution < -0.4 is 16.0 Å². The molecule has 10 heteroatoms. The molecular weight excluding hydrogens is 397 g/mol. The van der Waals surface area contributed by atoms with Crippen molar-refractivity contribution < 1.29 is 22.8 Å². The number of aryl methyl sites for hydroxylation is 1. The number of pyridine rings is 1. The minimum atomic E-state index is -4.54. The first-order chi connectivity index (χ1) is 13.1. The highest BCUT2D eigenvalue weighted by atomic mass is 35.5. The molecule has 150 valence electrons. The number of alkyl halides is 3. The highest BCUT2D eigenvalue weighted by Crippen LogP contribution is 2.32. The molecule has 6 nitrogen and oxygen atoms in total. The van der Waals surface area contributed by atoms with Gasteiger partial charge in [-0.1, -0.05) is 23.7 Å². The molecule has 1 aromatic heterocycles. The number of halogens is 4. The van der Waals surface area contributed by atoms with Gasteiger partial charge in [-0.25, -0.2) is 4.98 Å². The standard InChI is InChI=1S/C18H18ClF3N4O2/c1-10-4-3-5-13(15(10)17(28)23-2)26-14(27)6-7-24-16-12(19)8-11(9-25-16)18(20,21)22/h3-5,8-9H,6-7H2,1-2H3,(H,23,28)(H,24,25)(H,26,27). The fourth-order valence-electron chi connectivity index (χ4n) is 2.43. The van der Waals surface area contributed by atoms with Gasteiger partial charge in [0.2, 0.25) is 5.91 Å². The Morgan fingerprint density at radius 3 is 2.57 bits per heavy atom. The molecule has 2 rings (SSSR count). The van der Waals surface area contributed by atoms with Gasteiger partial charge in [0.25, 0.3) is 5.91 Å². The summed E-state index contributed by atoms with van der Waals surface area (Å²) in [6.45, 7) is 1.84. The highest BCUT2D eigenvalue weighted by molar-refractivity contribution is 6.33. The molecule has 0 bridgehead atoms. The van der Waals surface area contributed by atoms with E-state index in [0.29, 0.717) is 23.0 Å². The van der Waals surface area contributed by atoms with Crippen LogP contribution in [0.2, 0.25) is 5.02 Å². The van der Waals surface area contributed by atoms with Gasteiger partial charge in [0.05, 0.1) is 21.8 Å². The lowest BCUT2D eigenvalue weighted by molar-refractivity contribution is -0.137. The van der Waals surface area contributed by atoms with E-state index in [-0.39, 0.29) is 35.6 Å². The average Bonchev–Trinajstić information content (AvgIpc) is 2.61. The number of carbonyl (C=O) groups excluding carboxylic acids is 2. The van der Waals surface area contributed by atoms with Crippen LogP contribution >= 0.6 is 11.6 Å². The molecule has 0 unspecified atom stereocenters. The predicted molar refractivity (Wildman–Crippen MR) is 101 cm³/mol. The summed E-state index contributed by atoms with van der Waals surface area (Å²) in [5.41, 5.74) is 0.478. The maximum atomic E-state index is 12.6. The number of amides is 2. The molecular formula is C18H18ClF3N4O2. The summed E-state index contributed by atoms with van der Waals surface area (Å²) in [6, 6.07) is 5.83. The minimum absolute atomic E-state index is 0.0137. The molecule has 0 atom stereocenters. The topological polar surface area (TPSA) is 83.1 Å². The van der Waals surface area contributed by atoms with Crippen molar-refractivity contribution >= 4 is 34.9 Å². The monoisotopic (exact) mass is 414 g/mol. The third-order valence-corrected chi connectivity index (χ3v) is 4.10. The Morgan fingerprint density at radius 2 is 1.96 bits per heavy atom. The number of benzene rings is 1. The maximum absolute atomic E-state index is 12.6. The number of rotatable bonds is 6. The van der Waals surface area contributed by atoms with E-state index in [9.17, 15) is 22.8 Å². The Morgan fingerprint density at radius 1 is 1.25 bits per heavy atom. The molecule has 0 radical (unpaired) electrons. The van der Waals surface area contributed by atoms with Crippen LogP contribution in [0.15, 0.2) is 30.5 Å². The lowest BCUT2D eigenvalue weighted by Gasteiger charge is -2.13. The second-order valence-corrected chi connectivity index (χ2v) is 6.26. The van der Waals surface area contributed by atoms with Gasteiger partial charge in [0.15, 0.2) is 0 Å². The second kappa shape index (κ2) is 8.92. The van der Waals surface area contributed by atoms with E-state index in [1.54, 1.807) is 25.1 Å². The van der Waals surface area contributed by atoms with Gasteiger partial charge in [-0.3, -0.25) is 9.59 Å². The zero-order chi connectivity index (χ0) is 20.9. The van der Waals surface area contributed by atoms with Gasteiger partial charge < -0.3 is 16.0 Å². The summed E-state index contributed by atoms with van der Waals surface area (Å²) < 4.78 is 37.8. The van der Waals surface area contributed by atoms with Crippen molar-refractivity contribution in [2.24, 2.45) is 0 Å². The number of nitrogens with one attached hydrogen (secondary N) is 3. The number of carbonyl (C=O) groups is 2. The second-order valence-electron chi connectivity index (χ2n) is 5.85. The van der Waals surface area contributed by atoms with E-state index in [4.69, 9.17) is 11.6 Å². The van der Waals surface area contributed by atoms with Gasteiger partial charge in [0, 0.05) is 26.2 Å². The summed E-state index contributed by atoms with van der Waals surface area (Å²) in [5, 5.41) is 7.69. The normalized spacial score (nSPS) is 11.1. The van der Waals surface area contributed by atoms with E-state index in [1.807, 2.05) is 0 Å². The van der Waals surface area contributed by atoms with Crippen LogP contribution in [0.3, 0.4) is 0 Å². The van der Waals surface area contributed by atoms with E-state index in [0.717, 1.165) is 6.07 Å². The molecule has 0 aliphatic rings. The van der Waals surface area contributed by atoms with Gasteiger partial charge in [-0.2, -0.15) is 13.2 Å². The minimum Gasteiger partial charge on any atom is -0.368 e. The molecule has 0 saturated heterocycles. The van der Waals surface area contributed by atoms with Crippen LogP contribution in [-0.2, 0) is 11.0 Å². The van der Waals surface area contributed by atoms with Crippen molar-refractivity contribution in [1.29, 1.82) is 0 Å². The Hall–Kier alpha value is -2.81. The Labute approximate surface area is 164 Å². The zero-order valence-corrected chi connectivity index (χ0v) is 15.8. The van der Waals surface area contributed by atoms with Crippen molar-refractivity contribution in [2.45, 2.75) is 19.5 Å². The smallest absolute Gasteiger partial charge is 0.368 e. The molecule has 3 N–H and O–H groups in total. The summed E-state index contributed by atoms with van der Waals surface area (Å²) in [4.78, 5) is 27.8. The third kappa shape index (κ3) is 5.35. The van der Waals surface area contributed by atoms with Crippen molar-refractivity contribution in [1.82, 2.24) is 10.3 Å². The molecule has 0 saturated carbocycles. The fourth-order valence-corrected chi connectivity index (χ4v) is 2.66. The molecule has 0 aliphatic carbocycles. The van der Waals surface area contributed by atoms with Crippen molar-refractivity contribution in [3.05, 3.63) is 52.2 Å². The molecule has 2 aromatic rings. The van der Waals surface area contributed by atoms with Crippen LogP contribution in [0.5, 0.6) is 0 Å². The highest BCUT2D eigenvalue weighted by Gasteiger charge is 2.31. The quantitative estimate of drug-likeness (QED) is 0.670. The Kier molecular flexibility index (Phi) is 6.85. The van der Waals surface area contributed by atoms with Crippen LogP contribution in [0.4, 0.5) is 24.7 Å². The SMILES string of the molecule is CNC(=O)c1c(C)cccc1NC(=O)CCNc1ncc(C(F)(F)F)cc1Cl. The van der Waals surface area contributed by atoms with E-state index >= 15 is 0 Å². The van der Waals surface area contributed by atoms with Crippen molar-refractivity contribution in [2.75, 3.05) is 24.2 Å². The Balaban J connectivity index is 1.98. The first-order valence-corrected chi connectivity index (χ1v) is 8.59. The third-order valence-electron chi connectivity index (χ3n) is 3.81. The largest absolute Gasteiger partial charge is 0.417 e. The lowest BCUT2D eigenvalue weighted by atomic mass is 10.1. The van der Waals surface area contributed by atoms with Crippen LogP contribution in [-0.4, -0.2) is 30.4 Å². The number of hydrogen-bond acceptors (Lipinski definition) is 4. The van der Waals surface area contributed by atoms with E-state index in [2.05, 4.69) is 20.9 Å². The Bertz CT molecular complexity index is 888. The van der Waals surface area contributed by atoms with Gasteiger partial charge in [-0.15, -0.1) is 0 Å². The first-order valence-electron chi connectivity index (χ1n) is 8.21. The molecule has 2 amide bonds. The number of aromatic nitrogens is 1. The average molecular weight is 415 g/mol. The molecule has 28 heavy (non-hydrogen) atoms. The maximum Gasteiger partial charge on any atom is 0.417 e. The summed E-state index contributed by atoms with van der Waals surface area (Å²) >= 11 is 5.80. The van der Waals surface area contributed by atoms with Crippen molar-refractivity contribution in [3.8, 4) is 0 Å². The number of anilines is 2. The molecule has 0 aliphatic heterocycles. The molecule has 1 aromatic carbocycles. The van der Waals surface area contributed by atoms with Crippen molar-refractivity contribution in [3.63, 3.8) is 0 Å².